The summed E-state index contributed by atoms with van der Waals surface area (Å²) in [5.41, 5.74) is 1.25. The summed E-state index contributed by atoms with van der Waals surface area (Å²) in [5.74, 6) is -1.21. The lowest BCUT2D eigenvalue weighted by atomic mass is 10.1. The Bertz CT molecular complexity index is 853. The molecular weight excluding hydrogens is 390 g/mol. The van der Waals surface area contributed by atoms with Crippen LogP contribution in [0.4, 0.5) is 10.8 Å². The molecule has 2 amide bonds. The molecule has 0 unspecified atom stereocenters. The summed E-state index contributed by atoms with van der Waals surface area (Å²) in [4.78, 5) is 42.0. The number of benzene rings is 1. The molecule has 0 radical (unpaired) electrons. The van der Waals surface area contributed by atoms with Crippen molar-refractivity contribution in [2.45, 2.75) is 19.8 Å². The number of rotatable bonds is 6. The molecule has 2 aromatic rings. The van der Waals surface area contributed by atoms with Crippen molar-refractivity contribution in [2.24, 2.45) is 5.92 Å². The van der Waals surface area contributed by atoms with Crippen LogP contribution in [0, 0.1) is 5.92 Å². The third kappa shape index (κ3) is 4.84. The summed E-state index contributed by atoms with van der Waals surface area (Å²) in [7, 11) is 0. The average Bonchev–Trinajstić information content (AvgIpc) is 3.22. The van der Waals surface area contributed by atoms with Crippen molar-refractivity contribution in [3.8, 4) is 0 Å². The molecule has 0 bridgehead atoms. The highest BCUT2D eigenvalue weighted by Crippen LogP contribution is 2.27. The van der Waals surface area contributed by atoms with Gasteiger partial charge in [0.1, 0.15) is 0 Å². The Kier molecular flexibility index (Phi) is 6.08. The molecule has 1 atom stereocenters. The normalized spacial score (nSPS) is 16.4. The molecule has 1 aliphatic heterocycles. The van der Waals surface area contributed by atoms with Crippen LogP contribution in [0.3, 0.4) is 0 Å². The number of ether oxygens (including phenoxy) is 1. The predicted octanol–water partition coefficient (Wildman–Crippen LogP) is 2.89. The van der Waals surface area contributed by atoms with E-state index < -0.39 is 5.92 Å². The van der Waals surface area contributed by atoms with Crippen LogP contribution in [0.1, 0.15) is 19.0 Å². The van der Waals surface area contributed by atoms with Gasteiger partial charge >= 0.3 is 5.97 Å². The number of hydrogen-bond acceptors (Lipinski definition) is 6. The van der Waals surface area contributed by atoms with Crippen LogP contribution >= 0.6 is 22.9 Å². The largest absolute Gasteiger partial charge is 0.466 e. The van der Waals surface area contributed by atoms with Gasteiger partial charge in [-0.1, -0.05) is 11.6 Å². The minimum Gasteiger partial charge on any atom is -0.466 e. The Balaban J connectivity index is 1.59. The van der Waals surface area contributed by atoms with Crippen LogP contribution in [0.15, 0.2) is 29.6 Å². The molecule has 1 aromatic heterocycles. The number of carbonyl (C=O) groups is 3. The van der Waals surface area contributed by atoms with E-state index >= 15 is 0 Å². The Morgan fingerprint density at radius 2 is 2.11 bits per heavy atom. The molecule has 3 rings (SSSR count). The van der Waals surface area contributed by atoms with Crippen molar-refractivity contribution in [1.82, 2.24) is 4.98 Å². The number of aromatic nitrogens is 1. The van der Waals surface area contributed by atoms with Crippen molar-refractivity contribution in [1.29, 1.82) is 0 Å². The second-order valence-corrected chi connectivity index (χ2v) is 7.29. The first-order valence-corrected chi connectivity index (χ1v) is 9.69. The molecule has 0 aliphatic carbocycles. The fourth-order valence-corrected chi connectivity index (χ4v) is 3.61. The summed E-state index contributed by atoms with van der Waals surface area (Å²) in [6.45, 7) is 2.35. The number of nitrogens with one attached hydrogen (secondary N) is 1. The maximum Gasteiger partial charge on any atom is 0.311 e. The first kappa shape index (κ1) is 19.3. The molecule has 7 nitrogen and oxygen atoms in total. The van der Waals surface area contributed by atoms with Gasteiger partial charge in [-0.2, -0.15) is 0 Å². The first-order chi connectivity index (χ1) is 13.0. The number of amides is 2. The van der Waals surface area contributed by atoms with Gasteiger partial charge in [-0.3, -0.25) is 14.4 Å². The lowest BCUT2D eigenvalue weighted by Gasteiger charge is -2.16. The molecule has 1 aliphatic rings. The second-order valence-electron chi connectivity index (χ2n) is 6.00. The van der Waals surface area contributed by atoms with Crippen LogP contribution in [0.2, 0.25) is 5.02 Å². The van der Waals surface area contributed by atoms with Crippen LogP contribution in [0.25, 0.3) is 0 Å². The third-order valence-corrected chi connectivity index (χ3v) is 5.11. The monoisotopic (exact) mass is 407 g/mol. The first-order valence-electron chi connectivity index (χ1n) is 8.43. The topological polar surface area (TPSA) is 88.6 Å². The molecule has 142 valence electrons. The highest BCUT2D eigenvalue weighted by molar-refractivity contribution is 7.13. The summed E-state index contributed by atoms with van der Waals surface area (Å²) >= 11 is 7.11. The lowest BCUT2D eigenvalue weighted by molar-refractivity contribution is -0.142. The molecular formula is C18H18ClN3O4S. The standard InChI is InChI=1S/C18H18ClN3O4S/c1-2-26-16(24)8-13-10-27-18(20-13)21-17(25)11-7-15(23)22(9-11)14-5-3-12(19)4-6-14/h3-6,10-11H,2,7-9H2,1H3,(H,20,21,25)/t11-/m0/s1. The van der Waals surface area contributed by atoms with Gasteiger partial charge in [-0.15, -0.1) is 11.3 Å². The quantitative estimate of drug-likeness (QED) is 0.744. The van der Waals surface area contributed by atoms with Gasteiger partial charge in [0.15, 0.2) is 5.13 Å². The predicted molar refractivity (Wildman–Crippen MR) is 103 cm³/mol. The van der Waals surface area contributed by atoms with Gasteiger partial charge in [0, 0.05) is 29.1 Å². The van der Waals surface area contributed by atoms with Gasteiger partial charge < -0.3 is 15.0 Å². The fourth-order valence-electron chi connectivity index (χ4n) is 2.77. The van der Waals surface area contributed by atoms with Crippen LogP contribution < -0.4 is 10.2 Å². The second kappa shape index (κ2) is 8.49. The molecule has 1 fully saturated rings. The zero-order valence-electron chi connectivity index (χ0n) is 14.6. The number of halogens is 1. The fraction of sp³-hybridized carbons (Fsp3) is 0.333. The molecule has 0 spiro atoms. The van der Waals surface area contributed by atoms with E-state index in [2.05, 4.69) is 10.3 Å². The molecule has 2 heterocycles. The van der Waals surface area contributed by atoms with Crippen molar-refractivity contribution < 1.29 is 19.1 Å². The average molecular weight is 408 g/mol. The third-order valence-electron chi connectivity index (χ3n) is 4.05. The Labute approximate surface area is 165 Å². The minimum absolute atomic E-state index is 0.0620. The number of nitrogens with zero attached hydrogens (tertiary/aromatic N) is 2. The van der Waals surface area contributed by atoms with Gasteiger partial charge in [-0.25, -0.2) is 4.98 Å². The zero-order chi connectivity index (χ0) is 19.4. The molecule has 27 heavy (non-hydrogen) atoms. The van der Waals surface area contributed by atoms with E-state index in [-0.39, 0.29) is 30.6 Å². The summed E-state index contributed by atoms with van der Waals surface area (Å²) in [6.07, 6.45) is 0.196. The smallest absolute Gasteiger partial charge is 0.311 e. The highest BCUT2D eigenvalue weighted by Gasteiger charge is 2.35. The molecule has 1 aromatic carbocycles. The maximum absolute atomic E-state index is 12.5. The SMILES string of the molecule is CCOC(=O)Cc1csc(NC(=O)[C@H]2CC(=O)N(c3ccc(Cl)cc3)C2)n1. The number of carbonyl (C=O) groups excluding carboxylic acids is 3. The van der Waals surface area contributed by atoms with E-state index in [0.29, 0.717) is 34.7 Å². The van der Waals surface area contributed by atoms with E-state index in [1.165, 1.54) is 11.3 Å². The van der Waals surface area contributed by atoms with Crippen molar-refractivity contribution in [3.05, 3.63) is 40.4 Å². The molecule has 1 N–H and O–H groups in total. The van der Waals surface area contributed by atoms with Crippen LogP contribution in [-0.4, -0.2) is 35.9 Å². The number of anilines is 2. The van der Waals surface area contributed by atoms with Gasteiger partial charge in [0.25, 0.3) is 0 Å². The summed E-state index contributed by atoms with van der Waals surface area (Å²) in [6, 6.07) is 6.92. The molecule has 1 saturated heterocycles. The van der Waals surface area contributed by atoms with E-state index in [9.17, 15) is 14.4 Å². The number of thiazole rings is 1. The maximum atomic E-state index is 12.5. The van der Waals surface area contributed by atoms with Gasteiger partial charge in [0.05, 0.1) is 24.6 Å². The van der Waals surface area contributed by atoms with E-state index in [0.717, 1.165) is 0 Å². The highest BCUT2D eigenvalue weighted by atomic mass is 35.5. The van der Waals surface area contributed by atoms with Crippen molar-refractivity contribution in [2.75, 3.05) is 23.4 Å². The van der Waals surface area contributed by atoms with Crippen LogP contribution in [0.5, 0.6) is 0 Å². The van der Waals surface area contributed by atoms with E-state index in [4.69, 9.17) is 16.3 Å². The zero-order valence-corrected chi connectivity index (χ0v) is 16.2. The van der Waals surface area contributed by atoms with Gasteiger partial charge in [0.2, 0.25) is 11.8 Å². The number of hydrogen-bond donors (Lipinski definition) is 1. The van der Waals surface area contributed by atoms with Crippen molar-refractivity contribution >= 4 is 51.5 Å². The summed E-state index contributed by atoms with van der Waals surface area (Å²) < 4.78 is 4.88. The molecule has 9 heteroatoms. The molecule has 0 saturated carbocycles. The minimum atomic E-state index is -0.467. The Hall–Kier alpha value is -2.45. The number of esters is 1. The Morgan fingerprint density at radius 3 is 2.81 bits per heavy atom. The van der Waals surface area contributed by atoms with Gasteiger partial charge in [-0.05, 0) is 31.2 Å². The Morgan fingerprint density at radius 1 is 1.37 bits per heavy atom. The lowest BCUT2D eigenvalue weighted by Crippen LogP contribution is -2.28. The van der Waals surface area contributed by atoms with E-state index in [1.807, 2.05) is 0 Å². The van der Waals surface area contributed by atoms with Crippen LogP contribution in [-0.2, 0) is 25.5 Å². The van der Waals surface area contributed by atoms with Crippen molar-refractivity contribution in [3.63, 3.8) is 0 Å². The van der Waals surface area contributed by atoms with E-state index in [1.54, 1.807) is 41.5 Å². The summed E-state index contributed by atoms with van der Waals surface area (Å²) in [5, 5.41) is 5.41.